The second kappa shape index (κ2) is 5.07. The van der Waals surface area contributed by atoms with Gasteiger partial charge in [-0.25, -0.2) is 0 Å². The molecule has 0 spiro atoms. The molecule has 0 saturated carbocycles. The number of nitrogens with one attached hydrogen (secondary N) is 2. The van der Waals surface area contributed by atoms with Gasteiger partial charge in [-0.15, -0.1) is 0 Å². The molecule has 20 heavy (non-hydrogen) atoms. The SMILES string of the molecule is CC1(C)C=CC=CC(NC2OC2Nc2c#cccc2)=C1. The van der Waals surface area contributed by atoms with E-state index in [9.17, 15) is 0 Å². The Bertz CT molecular complexity index is 558. The van der Waals surface area contributed by atoms with Gasteiger partial charge in [0, 0.05) is 11.1 Å². The summed E-state index contributed by atoms with van der Waals surface area (Å²) in [6.45, 7) is 4.35. The fraction of sp³-hybridized carbons (Fsp3) is 0.294. The van der Waals surface area contributed by atoms with Crippen LogP contribution in [0.2, 0.25) is 0 Å². The molecule has 1 aromatic carbocycles. The zero-order valence-electron chi connectivity index (χ0n) is 11.7. The molecule has 0 amide bonds. The van der Waals surface area contributed by atoms with Crippen LogP contribution in [0.15, 0.2) is 54.3 Å². The lowest BCUT2D eigenvalue weighted by Crippen LogP contribution is -2.22. The van der Waals surface area contributed by atoms with Crippen molar-refractivity contribution in [1.29, 1.82) is 0 Å². The van der Waals surface area contributed by atoms with E-state index in [0.717, 1.165) is 11.4 Å². The first-order valence-electron chi connectivity index (χ1n) is 6.78. The summed E-state index contributed by atoms with van der Waals surface area (Å²) in [5.41, 5.74) is 2.03. The van der Waals surface area contributed by atoms with Crippen molar-refractivity contribution < 1.29 is 4.74 Å². The van der Waals surface area contributed by atoms with Crippen LogP contribution in [0.3, 0.4) is 0 Å². The summed E-state index contributed by atoms with van der Waals surface area (Å²) in [6.07, 6.45) is 10.5. The third-order valence-electron chi connectivity index (χ3n) is 3.19. The summed E-state index contributed by atoms with van der Waals surface area (Å²) in [6, 6.07) is 11.6. The van der Waals surface area contributed by atoms with Crippen LogP contribution in [-0.4, -0.2) is 12.5 Å². The fourth-order valence-electron chi connectivity index (χ4n) is 2.14. The van der Waals surface area contributed by atoms with Crippen molar-refractivity contribution in [2.24, 2.45) is 5.41 Å². The van der Waals surface area contributed by atoms with Crippen molar-refractivity contribution >= 4 is 5.69 Å². The van der Waals surface area contributed by atoms with Crippen LogP contribution < -0.4 is 10.6 Å². The topological polar surface area (TPSA) is 36.6 Å². The largest absolute Gasteiger partial charge is 0.357 e. The van der Waals surface area contributed by atoms with Crippen LogP contribution in [0.5, 0.6) is 0 Å². The number of allylic oxidation sites excluding steroid dienone is 5. The number of anilines is 1. The molecule has 1 fully saturated rings. The second-order valence-electron chi connectivity index (χ2n) is 5.61. The Balaban J connectivity index is 1.57. The highest BCUT2D eigenvalue weighted by Gasteiger charge is 2.39. The number of epoxide rings is 1. The fourth-order valence-corrected chi connectivity index (χ4v) is 2.14. The monoisotopic (exact) mass is 266 g/mol. The Kier molecular flexibility index (Phi) is 3.25. The molecule has 102 valence electrons. The van der Waals surface area contributed by atoms with E-state index >= 15 is 0 Å². The summed E-state index contributed by atoms with van der Waals surface area (Å²) in [7, 11) is 0. The first-order valence-corrected chi connectivity index (χ1v) is 6.78. The molecule has 0 aromatic heterocycles. The van der Waals surface area contributed by atoms with Gasteiger partial charge in [-0.05, 0) is 24.3 Å². The van der Waals surface area contributed by atoms with E-state index in [4.69, 9.17) is 4.74 Å². The van der Waals surface area contributed by atoms with E-state index < -0.39 is 0 Å². The normalized spacial score (nSPS) is 26.2. The van der Waals surface area contributed by atoms with Gasteiger partial charge in [0.05, 0.1) is 5.69 Å². The van der Waals surface area contributed by atoms with Crippen LogP contribution in [0, 0.1) is 17.5 Å². The van der Waals surface area contributed by atoms with E-state index in [-0.39, 0.29) is 17.9 Å². The van der Waals surface area contributed by atoms with Crippen LogP contribution in [0.4, 0.5) is 5.69 Å². The molecule has 0 bridgehead atoms. The maximum atomic E-state index is 5.58. The molecule has 2 unspecified atom stereocenters. The standard InChI is InChI=1S/C17H18N2O/c1-17(2)11-7-6-10-14(12-17)19-16-15(20-16)18-13-8-4-3-5-9-13/h3-4,6-8,10-12,15-16,18-19H,1-2H3. The molecule has 2 aliphatic rings. The maximum absolute atomic E-state index is 5.58. The molecule has 3 rings (SSSR count). The van der Waals surface area contributed by atoms with Gasteiger partial charge in [0.2, 0.25) is 0 Å². The number of hydrogen-bond acceptors (Lipinski definition) is 3. The summed E-state index contributed by atoms with van der Waals surface area (Å²) < 4.78 is 5.58. The molecule has 1 aliphatic heterocycles. The smallest absolute Gasteiger partial charge is 0.176 e. The van der Waals surface area contributed by atoms with Crippen LogP contribution in [0.25, 0.3) is 0 Å². The van der Waals surface area contributed by atoms with Gasteiger partial charge in [0.1, 0.15) is 0 Å². The summed E-state index contributed by atoms with van der Waals surface area (Å²) in [4.78, 5) is 0. The van der Waals surface area contributed by atoms with Crippen LogP contribution >= 0.6 is 0 Å². The zero-order valence-corrected chi connectivity index (χ0v) is 11.7. The Morgan fingerprint density at radius 2 is 2.05 bits per heavy atom. The molecule has 3 nitrogen and oxygen atoms in total. The molecular formula is C17H18N2O. The second-order valence-corrected chi connectivity index (χ2v) is 5.61. The lowest BCUT2D eigenvalue weighted by Gasteiger charge is -2.15. The lowest BCUT2D eigenvalue weighted by atomic mass is 9.92. The summed E-state index contributed by atoms with van der Waals surface area (Å²) in [5, 5.41) is 6.64. The van der Waals surface area contributed by atoms with Crippen molar-refractivity contribution in [2.45, 2.75) is 26.3 Å². The van der Waals surface area contributed by atoms with Crippen molar-refractivity contribution in [2.75, 3.05) is 5.32 Å². The van der Waals surface area contributed by atoms with Gasteiger partial charge in [0.25, 0.3) is 0 Å². The van der Waals surface area contributed by atoms with E-state index in [1.165, 1.54) is 0 Å². The molecule has 2 atom stereocenters. The van der Waals surface area contributed by atoms with Gasteiger partial charge in [0.15, 0.2) is 12.5 Å². The molecule has 3 heteroatoms. The van der Waals surface area contributed by atoms with Crippen molar-refractivity contribution in [3.05, 3.63) is 66.4 Å². The van der Waals surface area contributed by atoms with Crippen molar-refractivity contribution in [3.8, 4) is 0 Å². The summed E-state index contributed by atoms with van der Waals surface area (Å²) in [5.74, 6) is 0. The highest BCUT2D eigenvalue weighted by atomic mass is 16.6. The van der Waals surface area contributed by atoms with Gasteiger partial charge in [-0.1, -0.05) is 50.3 Å². The Morgan fingerprint density at radius 3 is 2.85 bits per heavy atom. The van der Waals surface area contributed by atoms with E-state index in [0.29, 0.717) is 0 Å². The Labute approximate surface area is 120 Å². The predicted octanol–water partition coefficient (Wildman–Crippen LogP) is 3.01. The molecule has 0 radical (unpaired) electrons. The van der Waals surface area contributed by atoms with E-state index in [1.807, 2.05) is 24.3 Å². The van der Waals surface area contributed by atoms with Gasteiger partial charge < -0.3 is 15.4 Å². The predicted molar refractivity (Wildman–Crippen MR) is 79.7 cm³/mol. The number of ether oxygens (including phenoxy) is 1. The average molecular weight is 266 g/mol. The van der Waals surface area contributed by atoms with E-state index in [2.05, 4.69) is 60.9 Å². The van der Waals surface area contributed by atoms with Crippen molar-refractivity contribution in [3.63, 3.8) is 0 Å². The minimum absolute atomic E-state index is 0.00611. The van der Waals surface area contributed by atoms with Crippen LogP contribution in [-0.2, 0) is 4.74 Å². The minimum atomic E-state index is -0.0179. The highest BCUT2D eigenvalue weighted by molar-refractivity contribution is 5.40. The number of hydrogen-bond donors (Lipinski definition) is 2. The van der Waals surface area contributed by atoms with Gasteiger partial charge in [-0.2, -0.15) is 0 Å². The third-order valence-corrected chi connectivity index (χ3v) is 3.19. The Hall–Kier alpha value is -2.18. The quantitative estimate of drug-likeness (QED) is 0.823. The van der Waals surface area contributed by atoms with Gasteiger partial charge >= 0.3 is 0 Å². The van der Waals surface area contributed by atoms with Gasteiger partial charge in [-0.3, -0.25) is 0 Å². The van der Waals surface area contributed by atoms with Crippen molar-refractivity contribution in [1.82, 2.24) is 5.32 Å². The molecular weight excluding hydrogens is 248 g/mol. The lowest BCUT2D eigenvalue weighted by molar-refractivity contribution is 0.365. The summed E-state index contributed by atoms with van der Waals surface area (Å²) >= 11 is 0. The maximum Gasteiger partial charge on any atom is 0.176 e. The molecule has 1 aliphatic carbocycles. The van der Waals surface area contributed by atoms with E-state index in [1.54, 1.807) is 0 Å². The Morgan fingerprint density at radius 1 is 1.20 bits per heavy atom. The highest BCUT2D eigenvalue weighted by Crippen LogP contribution is 2.26. The average Bonchev–Trinajstić information content (AvgIpc) is 3.15. The zero-order chi connectivity index (χ0) is 14.0. The minimum Gasteiger partial charge on any atom is -0.357 e. The first-order chi connectivity index (χ1) is 9.62. The molecule has 1 saturated heterocycles. The molecule has 2 N–H and O–H groups in total. The number of rotatable bonds is 4. The molecule has 1 heterocycles. The third kappa shape index (κ3) is 3.23. The van der Waals surface area contributed by atoms with Crippen LogP contribution in [0.1, 0.15) is 13.8 Å². The first kappa shape index (κ1) is 12.8. The molecule has 1 aromatic rings.